The second kappa shape index (κ2) is 4.58. The van der Waals surface area contributed by atoms with Crippen LogP contribution in [0.1, 0.15) is 13.3 Å². The van der Waals surface area contributed by atoms with Crippen molar-refractivity contribution in [3.05, 3.63) is 17.3 Å². The van der Waals surface area contributed by atoms with Crippen LogP contribution in [0, 0.1) is 0 Å². The highest BCUT2D eigenvalue weighted by Crippen LogP contribution is 2.24. The van der Waals surface area contributed by atoms with Crippen molar-refractivity contribution >= 4 is 29.1 Å². The van der Waals surface area contributed by atoms with Crippen molar-refractivity contribution < 1.29 is 0 Å². The molecule has 2 N–H and O–H groups in total. The Bertz CT molecular complexity index is 265. The van der Waals surface area contributed by atoms with E-state index < -0.39 is 0 Å². The third-order valence-electron chi connectivity index (χ3n) is 1.30. The van der Waals surface area contributed by atoms with Crippen molar-refractivity contribution in [2.75, 3.05) is 11.5 Å². The van der Waals surface area contributed by atoms with Crippen LogP contribution >= 0.6 is 23.4 Å². The Morgan fingerprint density at radius 1 is 1.58 bits per heavy atom. The summed E-state index contributed by atoms with van der Waals surface area (Å²) < 4.78 is 0. The van der Waals surface area contributed by atoms with Gasteiger partial charge in [-0.1, -0.05) is 18.5 Å². The molecule has 66 valence electrons. The zero-order valence-corrected chi connectivity index (χ0v) is 8.45. The van der Waals surface area contributed by atoms with Gasteiger partial charge in [0.2, 0.25) is 0 Å². The van der Waals surface area contributed by atoms with E-state index in [1.54, 1.807) is 23.9 Å². The number of nitrogens with two attached hydrogens (primary N) is 1. The second-order valence-electron chi connectivity index (χ2n) is 2.38. The molecular weight excluding hydrogens is 192 g/mol. The molecule has 4 heteroatoms. The molecule has 0 amide bonds. The average Bonchev–Trinajstić information content (AvgIpc) is 2.07. The second-order valence-corrected chi connectivity index (χ2v) is 3.85. The van der Waals surface area contributed by atoms with Crippen molar-refractivity contribution in [1.82, 2.24) is 4.98 Å². The highest BCUT2D eigenvalue weighted by molar-refractivity contribution is 7.99. The Morgan fingerprint density at radius 3 is 3.00 bits per heavy atom. The molecule has 0 aliphatic rings. The molecule has 0 unspecified atom stereocenters. The largest absolute Gasteiger partial charge is 0.397 e. The lowest BCUT2D eigenvalue weighted by Gasteiger charge is -2.02. The average molecular weight is 203 g/mol. The van der Waals surface area contributed by atoms with Gasteiger partial charge in [-0.3, -0.25) is 0 Å². The normalized spacial score (nSPS) is 10.2. The summed E-state index contributed by atoms with van der Waals surface area (Å²) in [7, 11) is 0. The molecule has 0 radical (unpaired) electrons. The van der Waals surface area contributed by atoms with E-state index in [0.717, 1.165) is 17.2 Å². The first-order valence-electron chi connectivity index (χ1n) is 3.79. The fourth-order valence-corrected chi connectivity index (χ4v) is 1.74. The van der Waals surface area contributed by atoms with Crippen molar-refractivity contribution in [2.24, 2.45) is 0 Å². The van der Waals surface area contributed by atoms with Gasteiger partial charge >= 0.3 is 0 Å². The van der Waals surface area contributed by atoms with Gasteiger partial charge in [0.25, 0.3) is 0 Å². The predicted molar refractivity (Wildman–Crippen MR) is 54.7 cm³/mol. The predicted octanol–water partition coefficient (Wildman–Crippen LogP) is 2.82. The van der Waals surface area contributed by atoms with Crippen LogP contribution in [0.3, 0.4) is 0 Å². The number of nitrogen functional groups attached to an aromatic ring is 1. The van der Waals surface area contributed by atoms with Crippen molar-refractivity contribution in [2.45, 2.75) is 18.4 Å². The lowest BCUT2D eigenvalue weighted by Crippen LogP contribution is -1.92. The molecule has 0 fully saturated rings. The Labute approximate surface area is 81.5 Å². The van der Waals surface area contributed by atoms with Gasteiger partial charge < -0.3 is 5.73 Å². The lowest BCUT2D eigenvalue weighted by atomic mass is 10.4. The maximum atomic E-state index is 5.72. The number of thioether (sulfide) groups is 1. The SMILES string of the molecule is CCCSc1nc(Cl)ccc1N. The number of pyridine rings is 1. The van der Waals surface area contributed by atoms with Gasteiger partial charge in [-0.15, -0.1) is 11.8 Å². The zero-order chi connectivity index (χ0) is 8.97. The smallest absolute Gasteiger partial charge is 0.130 e. The summed E-state index contributed by atoms with van der Waals surface area (Å²) in [4.78, 5) is 4.11. The summed E-state index contributed by atoms with van der Waals surface area (Å²) in [6.07, 6.45) is 1.11. The van der Waals surface area contributed by atoms with E-state index in [4.69, 9.17) is 17.3 Å². The van der Waals surface area contributed by atoms with Crippen LogP contribution < -0.4 is 5.73 Å². The molecule has 12 heavy (non-hydrogen) atoms. The zero-order valence-electron chi connectivity index (χ0n) is 6.88. The molecule has 0 spiro atoms. The summed E-state index contributed by atoms with van der Waals surface area (Å²) in [6.45, 7) is 2.12. The quantitative estimate of drug-likeness (QED) is 0.605. The van der Waals surface area contributed by atoms with E-state index in [9.17, 15) is 0 Å². The molecule has 0 aliphatic heterocycles. The first-order valence-corrected chi connectivity index (χ1v) is 5.15. The van der Waals surface area contributed by atoms with Crippen LogP contribution in [0.2, 0.25) is 5.15 Å². The number of hydrogen-bond acceptors (Lipinski definition) is 3. The van der Waals surface area contributed by atoms with E-state index in [-0.39, 0.29) is 0 Å². The fraction of sp³-hybridized carbons (Fsp3) is 0.375. The third-order valence-corrected chi connectivity index (χ3v) is 2.72. The summed E-state index contributed by atoms with van der Waals surface area (Å²) in [6, 6.07) is 3.49. The summed E-state index contributed by atoms with van der Waals surface area (Å²) in [5.41, 5.74) is 6.39. The number of nitrogens with zero attached hydrogens (tertiary/aromatic N) is 1. The number of rotatable bonds is 3. The van der Waals surface area contributed by atoms with Gasteiger partial charge in [0.15, 0.2) is 0 Å². The van der Waals surface area contributed by atoms with Gasteiger partial charge in [-0.25, -0.2) is 4.98 Å². The Morgan fingerprint density at radius 2 is 2.33 bits per heavy atom. The number of anilines is 1. The molecule has 1 heterocycles. The minimum atomic E-state index is 0.503. The lowest BCUT2D eigenvalue weighted by molar-refractivity contribution is 1.08. The van der Waals surface area contributed by atoms with Crippen LogP contribution in [0.15, 0.2) is 17.2 Å². The van der Waals surface area contributed by atoms with Crippen LogP contribution in [-0.2, 0) is 0 Å². The molecule has 0 atom stereocenters. The van der Waals surface area contributed by atoms with Crippen molar-refractivity contribution in [3.63, 3.8) is 0 Å². The van der Waals surface area contributed by atoms with Crippen molar-refractivity contribution in [3.8, 4) is 0 Å². The molecule has 2 nitrogen and oxygen atoms in total. The number of hydrogen-bond donors (Lipinski definition) is 1. The molecule has 0 saturated heterocycles. The monoisotopic (exact) mass is 202 g/mol. The molecule has 0 bridgehead atoms. The van der Waals surface area contributed by atoms with Gasteiger partial charge in [0, 0.05) is 0 Å². The Hall–Kier alpha value is -0.410. The highest BCUT2D eigenvalue weighted by atomic mass is 35.5. The van der Waals surface area contributed by atoms with E-state index >= 15 is 0 Å². The summed E-state index contributed by atoms with van der Waals surface area (Å²) in [5, 5.41) is 1.34. The minimum Gasteiger partial charge on any atom is -0.397 e. The third kappa shape index (κ3) is 2.57. The maximum absolute atomic E-state index is 5.72. The number of halogens is 1. The summed E-state index contributed by atoms with van der Waals surface area (Å²) in [5.74, 6) is 1.03. The minimum absolute atomic E-state index is 0.503. The molecule has 0 aromatic carbocycles. The Balaban J connectivity index is 2.75. The first kappa shape index (κ1) is 9.68. The van der Waals surface area contributed by atoms with Crippen LogP contribution in [-0.4, -0.2) is 10.7 Å². The van der Waals surface area contributed by atoms with E-state index in [0.29, 0.717) is 10.8 Å². The standard InChI is InChI=1S/C8H11ClN2S/c1-2-5-12-8-6(10)3-4-7(9)11-8/h3-4H,2,5,10H2,1H3. The van der Waals surface area contributed by atoms with Gasteiger partial charge in [0.1, 0.15) is 10.2 Å². The van der Waals surface area contributed by atoms with E-state index in [1.807, 2.05) is 0 Å². The highest BCUT2D eigenvalue weighted by Gasteiger charge is 2.01. The number of aromatic nitrogens is 1. The van der Waals surface area contributed by atoms with Gasteiger partial charge in [-0.2, -0.15) is 0 Å². The van der Waals surface area contributed by atoms with Crippen LogP contribution in [0.4, 0.5) is 5.69 Å². The first-order chi connectivity index (χ1) is 5.74. The topological polar surface area (TPSA) is 38.9 Å². The molecule has 0 aliphatic carbocycles. The van der Waals surface area contributed by atoms with Gasteiger partial charge in [0.05, 0.1) is 5.69 Å². The van der Waals surface area contributed by atoms with Gasteiger partial charge in [-0.05, 0) is 24.3 Å². The fourth-order valence-electron chi connectivity index (χ4n) is 0.743. The molecular formula is C8H11ClN2S. The maximum Gasteiger partial charge on any atom is 0.130 e. The van der Waals surface area contributed by atoms with Crippen LogP contribution in [0.25, 0.3) is 0 Å². The molecule has 0 saturated carbocycles. The molecule has 1 aromatic rings. The van der Waals surface area contributed by atoms with E-state index in [2.05, 4.69) is 11.9 Å². The Kier molecular flexibility index (Phi) is 3.69. The molecule has 1 aromatic heterocycles. The van der Waals surface area contributed by atoms with Crippen LogP contribution in [0.5, 0.6) is 0 Å². The van der Waals surface area contributed by atoms with Crippen molar-refractivity contribution in [1.29, 1.82) is 0 Å². The van der Waals surface area contributed by atoms with E-state index in [1.165, 1.54) is 0 Å². The summed E-state index contributed by atoms with van der Waals surface area (Å²) >= 11 is 7.36. The molecule has 1 rings (SSSR count).